The molecule has 0 saturated carbocycles. The maximum Gasteiger partial charge on any atom is 0.244 e. The second-order valence-electron chi connectivity index (χ2n) is 8.18. The molecule has 0 aromatic heterocycles. The smallest absolute Gasteiger partial charge is 0.244 e. The number of aliphatic imine (C=N–C) groups is 1. The van der Waals surface area contributed by atoms with Gasteiger partial charge in [-0.3, -0.25) is 4.79 Å². The molecule has 2 heterocycles. The van der Waals surface area contributed by atoms with Crippen LogP contribution in [-0.2, 0) is 17.8 Å². The molecule has 1 fully saturated rings. The van der Waals surface area contributed by atoms with Gasteiger partial charge in [0.25, 0.3) is 0 Å². The summed E-state index contributed by atoms with van der Waals surface area (Å²) in [5, 5.41) is 3.37. The Labute approximate surface area is 190 Å². The third-order valence-corrected chi connectivity index (χ3v) is 6.18. The average molecular weight is 436 g/mol. The number of methoxy groups -OCH3 is 1. The Morgan fingerprint density at radius 3 is 2.53 bits per heavy atom. The summed E-state index contributed by atoms with van der Waals surface area (Å²) in [6, 6.07) is 16.6. The Balaban J connectivity index is 1.35. The van der Waals surface area contributed by atoms with Crippen molar-refractivity contribution in [3.05, 3.63) is 59.7 Å². The number of hydrogen-bond acceptors (Lipinski definition) is 4. The van der Waals surface area contributed by atoms with E-state index in [4.69, 9.17) is 9.73 Å². The van der Waals surface area contributed by atoms with Gasteiger partial charge in [-0.05, 0) is 36.6 Å². The molecule has 0 aliphatic carbocycles. The number of ether oxygens (including phenoxy) is 1. The minimum atomic E-state index is 0.0879. The number of carbonyl (C=O) groups is 1. The van der Waals surface area contributed by atoms with Crippen molar-refractivity contribution < 1.29 is 9.53 Å². The lowest BCUT2D eigenvalue weighted by atomic mass is 10.00. The highest BCUT2D eigenvalue weighted by atomic mass is 16.5. The van der Waals surface area contributed by atoms with Crippen molar-refractivity contribution in [1.29, 1.82) is 0 Å². The molecule has 0 unspecified atom stereocenters. The Bertz CT molecular complexity index is 953. The van der Waals surface area contributed by atoms with E-state index in [1.807, 2.05) is 23.1 Å². The highest BCUT2D eigenvalue weighted by Gasteiger charge is 2.22. The van der Waals surface area contributed by atoms with Crippen LogP contribution in [0.15, 0.2) is 53.5 Å². The number of nitrogens with zero attached hydrogens (tertiary/aromatic N) is 4. The van der Waals surface area contributed by atoms with Gasteiger partial charge in [-0.1, -0.05) is 30.3 Å². The number of benzene rings is 2. The van der Waals surface area contributed by atoms with Gasteiger partial charge in [0.15, 0.2) is 5.96 Å². The van der Waals surface area contributed by atoms with E-state index in [-0.39, 0.29) is 12.5 Å². The first-order valence-corrected chi connectivity index (χ1v) is 11.4. The number of rotatable bonds is 5. The first kappa shape index (κ1) is 22.0. The molecule has 2 aromatic carbocycles. The number of anilines is 1. The molecule has 1 saturated heterocycles. The van der Waals surface area contributed by atoms with Gasteiger partial charge in [0, 0.05) is 57.6 Å². The van der Waals surface area contributed by atoms with E-state index in [0.717, 1.165) is 57.4 Å². The molecular weight excluding hydrogens is 402 g/mol. The molecule has 32 heavy (non-hydrogen) atoms. The van der Waals surface area contributed by atoms with Gasteiger partial charge in [-0.15, -0.1) is 0 Å². The van der Waals surface area contributed by atoms with Crippen LogP contribution in [0.4, 0.5) is 5.69 Å². The summed E-state index contributed by atoms with van der Waals surface area (Å²) in [5.74, 6) is 1.78. The molecule has 170 valence electrons. The van der Waals surface area contributed by atoms with Crippen LogP contribution in [0.5, 0.6) is 5.75 Å². The van der Waals surface area contributed by atoms with Crippen LogP contribution in [-0.4, -0.2) is 74.6 Å². The van der Waals surface area contributed by atoms with Gasteiger partial charge in [0.1, 0.15) is 12.3 Å². The lowest BCUT2D eigenvalue weighted by Gasteiger charge is -2.38. The molecule has 1 N–H and O–H groups in total. The minimum Gasteiger partial charge on any atom is -0.497 e. The van der Waals surface area contributed by atoms with E-state index in [2.05, 4.69) is 52.4 Å². The third-order valence-electron chi connectivity index (χ3n) is 6.18. The summed E-state index contributed by atoms with van der Waals surface area (Å²) in [6.45, 7) is 7.97. The summed E-state index contributed by atoms with van der Waals surface area (Å²) in [4.78, 5) is 24.1. The van der Waals surface area contributed by atoms with Crippen LogP contribution in [0.2, 0.25) is 0 Å². The zero-order valence-corrected chi connectivity index (χ0v) is 19.1. The van der Waals surface area contributed by atoms with Crippen molar-refractivity contribution in [3.8, 4) is 5.75 Å². The number of guanidine groups is 1. The van der Waals surface area contributed by atoms with Gasteiger partial charge < -0.3 is 24.8 Å². The number of carbonyl (C=O) groups excluding carboxylic acids is 1. The maximum absolute atomic E-state index is 12.8. The molecule has 0 atom stereocenters. The van der Waals surface area contributed by atoms with Gasteiger partial charge in [0.2, 0.25) is 5.91 Å². The van der Waals surface area contributed by atoms with Gasteiger partial charge >= 0.3 is 0 Å². The van der Waals surface area contributed by atoms with Crippen LogP contribution >= 0.6 is 0 Å². The Kier molecular flexibility index (Phi) is 7.14. The van der Waals surface area contributed by atoms with E-state index in [9.17, 15) is 4.79 Å². The number of nitrogens with one attached hydrogen (secondary N) is 1. The van der Waals surface area contributed by atoms with Gasteiger partial charge in [0.05, 0.1) is 7.11 Å². The molecule has 7 heteroatoms. The van der Waals surface area contributed by atoms with Crippen molar-refractivity contribution in [2.75, 3.05) is 57.8 Å². The molecule has 7 nitrogen and oxygen atoms in total. The lowest BCUT2D eigenvalue weighted by molar-refractivity contribution is -0.130. The second kappa shape index (κ2) is 10.4. The van der Waals surface area contributed by atoms with Crippen molar-refractivity contribution in [3.63, 3.8) is 0 Å². The predicted octanol–water partition coefficient (Wildman–Crippen LogP) is 2.37. The lowest BCUT2D eigenvalue weighted by Crippen LogP contribution is -2.52. The van der Waals surface area contributed by atoms with Crippen LogP contribution in [0.1, 0.15) is 18.1 Å². The number of amides is 1. The first-order chi connectivity index (χ1) is 15.7. The molecule has 2 aliphatic rings. The van der Waals surface area contributed by atoms with Crippen molar-refractivity contribution in [1.82, 2.24) is 15.1 Å². The molecule has 0 radical (unpaired) electrons. The molecular formula is C25H33N5O2. The quantitative estimate of drug-likeness (QED) is 0.577. The predicted molar refractivity (Wildman–Crippen MR) is 128 cm³/mol. The van der Waals surface area contributed by atoms with E-state index >= 15 is 0 Å². The molecule has 0 spiro atoms. The molecule has 2 aromatic rings. The number of hydrogen-bond donors (Lipinski definition) is 1. The Hall–Kier alpha value is -3.22. The van der Waals surface area contributed by atoms with Crippen molar-refractivity contribution >= 4 is 17.6 Å². The molecule has 4 rings (SSSR count). The van der Waals surface area contributed by atoms with Crippen LogP contribution < -0.4 is 15.0 Å². The highest BCUT2D eigenvalue weighted by molar-refractivity contribution is 5.85. The van der Waals surface area contributed by atoms with Crippen LogP contribution in [0.25, 0.3) is 0 Å². The summed E-state index contributed by atoms with van der Waals surface area (Å²) in [7, 11) is 1.69. The summed E-state index contributed by atoms with van der Waals surface area (Å²) in [5.41, 5.74) is 3.77. The normalized spacial score (nSPS) is 16.6. The van der Waals surface area contributed by atoms with Crippen LogP contribution in [0, 0.1) is 0 Å². The third kappa shape index (κ3) is 5.15. The highest BCUT2D eigenvalue weighted by Crippen LogP contribution is 2.22. The fourth-order valence-corrected chi connectivity index (χ4v) is 4.36. The average Bonchev–Trinajstić information content (AvgIpc) is 2.86. The largest absolute Gasteiger partial charge is 0.497 e. The second-order valence-corrected chi connectivity index (χ2v) is 8.18. The van der Waals surface area contributed by atoms with E-state index in [1.54, 1.807) is 7.11 Å². The molecule has 0 bridgehead atoms. The fourth-order valence-electron chi connectivity index (χ4n) is 4.36. The zero-order chi connectivity index (χ0) is 22.3. The standard InChI is InChI=1S/C25H33N5O2/c1-3-26-25(27-18-24(31)30-12-11-20-7-4-5-8-21(20)19-30)29-15-13-28(14-16-29)22-9-6-10-23(17-22)32-2/h4-10,17H,3,11-16,18-19H2,1-2H3,(H,26,27). The maximum atomic E-state index is 12.8. The zero-order valence-electron chi connectivity index (χ0n) is 19.1. The van der Waals surface area contributed by atoms with E-state index in [1.165, 1.54) is 16.8 Å². The van der Waals surface area contributed by atoms with Gasteiger partial charge in [-0.25, -0.2) is 4.99 Å². The minimum absolute atomic E-state index is 0.0879. The summed E-state index contributed by atoms with van der Waals surface area (Å²) >= 11 is 0. The summed E-state index contributed by atoms with van der Waals surface area (Å²) in [6.07, 6.45) is 0.915. The SMILES string of the molecule is CCNC(=NCC(=O)N1CCc2ccccc2C1)N1CCN(c2cccc(OC)c2)CC1. The van der Waals surface area contributed by atoms with E-state index in [0.29, 0.717) is 6.54 Å². The van der Waals surface area contributed by atoms with Gasteiger partial charge in [-0.2, -0.15) is 0 Å². The van der Waals surface area contributed by atoms with Crippen molar-refractivity contribution in [2.24, 2.45) is 4.99 Å². The van der Waals surface area contributed by atoms with Crippen molar-refractivity contribution in [2.45, 2.75) is 19.9 Å². The molecule has 1 amide bonds. The van der Waals surface area contributed by atoms with E-state index < -0.39 is 0 Å². The monoisotopic (exact) mass is 435 g/mol. The summed E-state index contributed by atoms with van der Waals surface area (Å²) < 4.78 is 5.36. The fraction of sp³-hybridized carbons (Fsp3) is 0.440. The Morgan fingerprint density at radius 1 is 1.00 bits per heavy atom. The first-order valence-electron chi connectivity index (χ1n) is 11.4. The van der Waals surface area contributed by atoms with Crippen LogP contribution in [0.3, 0.4) is 0 Å². The Morgan fingerprint density at radius 2 is 1.78 bits per heavy atom. The number of fused-ring (bicyclic) bond motifs is 1. The molecule has 2 aliphatic heterocycles. The number of piperazine rings is 1. The topological polar surface area (TPSA) is 60.4 Å².